The second-order valence-electron chi connectivity index (χ2n) is 6.68. The number of amides is 1. The lowest BCUT2D eigenvalue weighted by molar-refractivity contribution is 0.0696. The van der Waals surface area contributed by atoms with Gasteiger partial charge < -0.3 is 15.2 Å². The molecule has 0 saturated heterocycles. The summed E-state index contributed by atoms with van der Waals surface area (Å²) in [5, 5.41) is 15.8. The highest BCUT2D eigenvalue weighted by Gasteiger charge is 2.23. The number of ether oxygens (including phenoxy) is 1. The van der Waals surface area contributed by atoms with Crippen LogP contribution < -0.4 is 10.1 Å². The summed E-state index contributed by atoms with van der Waals surface area (Å²) < 4.78 is 33.0. The fourth-order valence-electron chi connectivity index (χ4n) is 2.93. The molecule has 3 aromatic rings. The minimum atomic E-state index is -2.66. The zero-order valence-corrected chi connectivity index (χ0v) is 16.7. The number of aryl methyl sites for hydroxylation is 2. The third-order valence-corrected chi connectivity index (χ3v) is 4.47. The van der Waals surface area contributed by atoms with Crippen molar-refractivity contribution in [1.29, 1.82) is 0 Å². The van der Waals surface area contributed by atoms with Crippen molar-refractivity contribution in [3.05, 3.63) is 83.1 Å². The average molecular weight is 427 g/mol. The number of carboxylic acid groups (broad SMARTS) is 1. The average Bonchev–Trinajstić information content (AvgIpc) is 3.01. The number of nitrogens with zero attached hydrogens (tertiary/aromatic N) is 2. The maximum absolute atomic E-state index is 13.0. The number of aromatic carboxylic acids is 1. The molecule has 0 spiro atoms. The Hall–Kier alpha value is -4.01. The van der Waals surface area contributed by atoms with Gasteiger partial charge in [-0.15, -0.1) is 0 Å². The molecule has 0 fully saturated rings. The van der Waals surface area contributed by atoms with Crippen LogP contribution in [0.4, 0.5) is 8.78 Å². The molecule has 160 valence electrons. The molecule has 0 radical (unpaired) electrons. The van der Waals surface area contributed by atoms with E-state index >= 15 is 0 Å². The van der Waals surface area contributed by atoms with Crippen molar-refractivity contribution in [1.82, 2.24) is 15.1 Å². The van der Waals surface area contributed by atoms with E-state index in [2.05, 4.69) is 17.0 Å². The molecular weight excluding hydrogens is 408 g/mol. The second-order valence-corrected chi connectivity index (χ2v) is 6.68. The summed E-state index contributed by atoms with van der Waals surface area (Å²) in [7, 11) is 1.57. The number of carbonyl (C=O) groups excluding carboxylic acids is 1. The molecule has 1 heterocycles. The number of carbonyl (C=O) groups is 2. The van der Waals surface area contributed by atoms with Crippen LogP contribution in [0.1, 0.15) is 44.0 Å². The Morgan fingerprint density at radius 3 is 2.42 bits per heavy atom. The van der Waals surface area contributed by atoms with Crippen LogP contribution in [0, 0.1) is 6.92 Å². The summed E-state index contributed by atoms with van der Waals surface area (Å²) >= 11 is 0. The topological polar surface area (TPSA) is 93.5 Å². The number of halogens is 2. The molecule has 0 aliphatic rings. The van der Waals surface area contributed by atoms with Crippen molar-refractivity contribution in [3.63, 3.8) is 0 Å². The summed E-state index contributed by atoms with van der Waals surface area (Å²) in [4.78, 5) is 23.9. The first kappa shape index (κ1) is 21.7. The van der Waals surface area contributed by atoms with Crippen molar-refractivity contribution in [2.24, 2.45) is 7.05 Å². The van der Waals surface area contributed by atoms with Crippen LogP contribution in [0.5, 0.6) is 11.6 Å². The zero-order valence-electron chi connectivity index (χ0n) is 16.7. The molecule has 0 bridgehead atoms. The monoisotopic (exact) mass is 427 g/mol. The standard InChI is InChI=1S/C22H19F2N3O4/c1-12(14-7-9-15(10-8-14)22(29)30)25-20(28)18-13(2)26-27(3)21(18)31-17-6-4-5-16(11-17)19(23)24/h4-11,19H,1H2,2-3H3,(H,25,28)(H,29,30). The summed E-state index contributed by atoms with van der Waals surface area (Å²) in [5.41, 5.74) is 1.15. The van der Waals surface area contributed by atoms with E-state index < -0.39 is 18.3 Å². The summed E-state index contributed by atoms with van der Waals surface area (Å²) in [6.45, 7) is 5.43. The second kappa shape index (κ2) is 8.78. The van der Waals surface area contributed by atoms with Gasteiger partial charge in [0.15, 0.2) is 0 Å². The van der Waals surface area contributed by atoms with Gasteiger partial charge >= 0.3 is 5.97 Å². The van der Waals surface area contributed by atoms with Gasteiger partial charge in [0.25, 0.3) is 12.3 Å². The quantitative estimate of drug-likeness (QED) is 0.577. The van der Waals surface area contributed by atoms with Crippen molar-refractivity contribution in [2.45, 2.75) is 13.3 Å². The smallest absolute Gasteiger partial charge is 0.335 e. The Morgan fingerprint density at radius 2 is 1.81 bits per heavy atom. The Bertz CT molecular complexity index is 1150. The Balaban J connectivity index is 1.84. The van der Waals surface area contributed by atoms with E-state index in [9.17, 15) is 18.4 Å². The number of hydrogen-bond donors (Lipinski definition) is 2. The Kier molecular flexibility index (Phi) is 6.15. The number of rotatable bonds is 7. The van der Waals surface area contributed by atoms with Gasteiger partial charge in [0.2, 0.25) is 5.88 Å². The molecule has 0 aliphatic heterocycles. The Morgan fingerprint density at radius 1 is 1.16 bits per heavy atom. The molecular formula is C22H19F2N3O4. The molecule has 0 atom stereocenters. The first-order valence-electron chi connectivity index (χ1n) is 9.11. The van der Waals surface area contributed by atoms with E-state index in [1.165, 1.54) is 53.2 Å². The molecule has 31 heavy (non-hydrogen) atoms. The summed E-state index contributed by atoms with van der Waals surface area (Å²) in [6.07, 6.45) is -2.66. The van der Waals surface area contributed by atoms with Gasteiger partial charge in [0, 0.05) is 18.3 Å². The normalized spacial score (nSPS) is 10.7. The van der Waals surface area contributed by atoms with Gasteiger partial charge in [0.05, 0.1) is 11.3 Å². The lowest BCUT2D eigenvalue weighted by Gasteiger charge is -2.12. The number of alkyl halides is 2. The van der Waals surface area contributed by atoms with Gasteiger partial charge in [-0.25, -0.2) is 18.3 Å². The fraction of sp³-hybridized carbons (Fsp3) is 0.136. The maximum atomic E-state index is 13.0. The number of aromatic nitrogens is 2. The maximum Gasteiger partial charge on any atom is 0.335 e. The van der Waals surface area contributed by atoms with Gasteiger partial charge in [-0.2, -0.15) is 5.10 Å². The van der Waals surface area contributed by atoms with Crippen LogP contribution in [-0.4, -0.2) is 26.8 Å². The van der Waals surface area contributed by atoms with Crippen LogP contribution >= 0.6 is 0 Å². The number of hydrogen-bond acceptors (Lipinski definition) is 4. The molecule has 0 saturated carbocycles. The van der Waals surface area contributed by atoms with Crippen LogP contribution in [-0.2, 0) is 7.05 Å². The van der Waals surface area contributed by atoms with Gasteiger partial charge in [-0.1, -0.05) is 30.8 Å². The minimum Gasteiger partial charge on any atom is -0.478 e. The molecule has 2 N–H and O–H groups in total. The molecule has 3 rings (SSSR count). The highest BCUT2D eigenvalue weighted by molar-refractivity contribution is 6.02. The highest BCUT2D eigenvalue weighted by Crippen LogP contribution is 2.30. The SMILES string of the molecule is C=C(NC(=O)c1c(C)nn(C)c1Oc1cccc(C(F)F)c1)c1ccc(C(=O)O)cc1. The molecule has 9 heteroatoms. The van der Waals surface area contributed by atoms with Gasteiger partial charge in [-0.05, 0) is 36.8 Å². The van der Waals surface area contributed by atoms with Gasteiger partial charge in [-0.3, -0.25) is 4.79 Å². The number of benzene rings is 2. The lowest BCUT2D eigenvalue weighted by Crippen LogP contribution is -2.22. The van der Waals surface area contributed by atoms with E-state index in [0.29, 0.717) is 11.3 Å². The largest absolute Gasteiger partial charge is 0.478 e. The highest BCUT2D eigenvalue weighted by atomic mass is 19.3. The first-order chi connectivity index (χ1) is 14.7. The van der Waals surface area contributed by atoms with Crippen molar-refractivity contribution >= 4 is 17.6 Å². The zero-order chi connectivity index (χ0) is 22.7. The molecule has 1 aromatic heterocycles. The van der Waals surface area contributed by atoms with E-state index in [-0.39, 0.29) is 34.0 Å². The third kappa shape index (κ3) is 4.77. The lowest BCUT2D eigenvalue weighted by atomic mass is 10.1. The number of nitrogens with one attached hydrogen (secondary N) is 1. The summed E-state index contributed by atoms with van der Waals surface area (Å²) in [5.74, 6) is -1.41. The van der Waals surface area contributed by atoms with Crippen LogP contribution in [0.15, 0.2) is 55.1 Å². The minimum absolute atomic E-state index is 0.0791. The van der Waals surface area contributed by atoms with Gasteiger partial charge in [0.1, 0.15) is 11.3 Å². The molecule has 1 amide bonds. The fourth-order valence-corrected chi connectivity index (χ4v) is 2.93. The molecule has 0 aliphatic carbocycles. The van der Waals surface area contributed by atoms with Crippen LogP contribution in [0.25, 0.3) is 5.70 Å². The Labute approximate surface area is 176 Å². The molecule has 0 unspecified atom stereocenters. The van der Waals surface area contributed by atoms with Crippen molar-refractivity contribution < 1.29 is 28.2 Å². The van der Waals surface area contributed by atoms with E-state index in [1.807, 2.05) is 0 Å². The predicted molar refractivity (Wildman–Crippen MR) is 109 cm³/mol. The van der Waals surface area contributed by atoms with Crippen molar-refractivity contribution in [2.75, 3.05) is 0 Å². The number of carboxylic acids is 1. The van der Waals surface area contributed by atoms with Crippen molar-refractivity contribution in [3.8, 4) is 11.6 Å². The van der Waals surface area contributed by atoms with E-state index in [0.717, 1.165) is 0 Å². The van der Waals surface area contributed by atoms with E-state index in [4.69, 9.17) is 9.84 Å². The van der Waals surface area contributed by atoms with E-state index in [1.54, 1.807) is 14.0 Å². The summed E-state index contributed by atoms with van der Waals surface area (Å²) in [6, 6.07) is 11.2. The van der Waals surface area contributed by atoms with Crippen LogP contribution in [0.2, 0.25) is 0 Å². The van der Waals surface area contributed by atoms with Crippen LogP contribution in [0.3, 0.4) is 0 Å². The predicted octanol–water partition coefficient (Wildman–Crippen LogP) is 4.56. The molecule has 7 nitrogen and oxygen atoms in total. The molecule has 2 aromatic carbocycles. The third-order valence-electron chi connectivity index (χ3n) is 4.47. The first-order valence-corrected chi connectivity index (χ1v) is 9.11.